The van der Waals surface area contributed by atoms with Crippen LogP contribution >= 0.6 is 0 Å². The molecule has 2 aromatic carbocycles. The normalized spacial score (nSPS) is 28.7. The Bertz CT molecular complexity index is 637. The van der Waals surface area contributed by atoms with Gasteiger partial charge in [0.15, 0.2) is 0 Å². The highest BCUT2D eigenvalue weighted by Crippen LogP contribution is 2.45. The molecule has 2 heterocycles. The fourth-order valence-corrected chi connectivity index (χ4v) is 4.80. The van der Waals surface area contributed by atoms with Gasteiger partial charge in [0.2, 0.25) is 0 Å². The molecule has 0 spiro atoms. The molecule has 0 amide bonds. The van der Waals surface area contributed by atoms with Crippen molar-refractivity contribution in [2.75, 3.05) is 7.05 Å². The maximum atomic E-state index is 9.64. The number of piperidine rings is 1. The molecule has 4 rings (SSSR count). The number of hydrogen-bond donors (Lipinski definition) is 1. The van der Waals surface area contributed by atoms with Gasteiger partial charge in [0.25, 0.3) is 0 Å². The number of phenols is 1. The van der Waals surface area contributed by atoms with Crippen LogP contribution in [0.4, 0.5) is 0 Å². The largest absolute Gasteiger partial charge is 0.508 e. The maximum Gasteiger partial charge on any atom is 0.115 e. The van der Waals surface area contributed by atoms with Crippen LogP contribution in [0.15, 0.2) is 54.6 Å². The Morgan fingerprint density at radius 1 is 0.870 bits per heavy atom. The summed E-state index contributed by atoms with van der Waals surface area (Å²) in [5, 5.41) is 9.64. The van der Waals surface area contributed by atoms with Crippen LogP contribution in [0.2, 0.25) is 0 Å². The van der Waals surface area contributed by atoms with Crippen LogP contribution in [0, 0.1) is 5.92 Å². The molecule has 1 N–H and O–H groups in total. The van der Waals surface area contributed by atoms with Crippen LogP contribution in [-0.4, -0.2) is 29.1 Å². The minimum Gasteiger partial charge on any atom is -0.508 e. The summed E-state index contributed by atoms with van der Waals surface area (Å²) in [6.07, 6.45) is 5.28. The fraction of sp³-hybridized carbons (Fsp3) is 0.429. The van der Waals surface area contributed by atoms with Gasteiger partial charge in [-0.1, -0.05) is 42.5 Å². The van der Waals surface area contributed by atoms with E-state index in [0.29, 0.717) is 17.6 Å². The second-order valence-electron chi connectivity index (χ2n) is 7.26. The summed E-state index contributed by atoms with van der Waals surface area (Å²) >= 11 is 0. The van der Waals surface area contributed by atoms with Gasteiger partial charge in [-0.05, 0) is 61.9 Å². The predicted octanol–water partition coefficient (Wildman–Crippen LogP) is 4.40. The van der Waals surface area contributed by atoms with Gasteiger partial charge in [0.1, 0.15) is 5.75 Å². The molecule has 2 heteroatoms. The van der Waals surface area contributed by atoms with Crippen molar-refractivity contribution in [2.45, 2.75) is 43.7 Å². The quantitative estimate of drug-likeness (QED) is 0.908. The number of rotatable bonds is 3. The number of phenolic OH excluding ortho intramolecular Hbond substituents is 1. The van der Waals surface area contributed by atoms with E-state index in [2.05, 4.69) is 54.4 Å². The van der Waals surface area contributed by atoms with Gasteiger partial charge in [0.05, 0.1) is 0 Å². The van der Waals surface area contributed by atoms with E-state index < -0.39 is 0 Å². The minimum absolute atomic E-state index is 0.351. The molecule has 0 aromatic heterocycles. The average molecular weight is 307 g/mol. The van der Waals surface area contributed by atoms with Crippen molar-refractivity contribution >= 4 is 0 Å². The number of nitrogens with zero attached hydrogens (tertiary/aromatic N) is 1. The third-order valence-electron chi connectivity index (χ3n) is 6.02. The number of aromatic hydroxyl groups is 1. The van der Waals surface area contributed by atoms with Crippen LogP contribution < -0.4 is 0 Å². The van der Waals surface area contributed by atoms with Gasteiger partial charge < -0.3 is 10.0 Å². The fourth-order valence-electron chi connectivity index (χ4n) is 4.80. The van der Waals surface area contributed by atoms with Crippen LogP contribution in [-0.2, 0) is 0 Å². The Morgan fingerprint density at radius 3 is 2.04 bits per heavy atom. The molecule has 2 aromatic rings. The highest BCUT2D eigenvalue weighted by molar-refractivity contribution is 5.36. The monoisotopic (exact) mass is 307 g/mol. The molecule has 0 aliphatic carbocycles. The second-order valence-corrected chi connectivity index (χ2v) is 7.26. The number of fused-ring (bicyclic) bond motifs is 2. The van der Waals surface area contributed by atoms with Crippen molar-refractivity contribution in [1.82, 2.24) is 4.90 Å². The molecule has 2 fully saturated rings. The predicted molar refractivity (Wildman–Crippen MR) is 93.7 cm³/mol. The molecule has 2 aliphatic rings. The maximum absolute atomic E-state index is 9.64. The van der Waals surface area contributed by atoms with Crippen molar-refractivity contribution in [3.8, 4) is 5.75 Å². The summed E-state index contributed by atoms with van der Waals surface area (Å²) in [7, 11) is 2.30. The van der Waals surface area contributed by atoms with E-state index in [-0.39, 0.29) is 0 Å². The molecule has 2 nitrogen and oxygen atoms in total. The average Bonchev–Trinajstić information content (AvgIpc) is 2.79. The minimum atomic E-state index is 0.351. The van der Waals surface area contributed by atoms with E-state index in [9.17, 15) is 5.11 Å². The molecule has 120 valence electrons. The lowest BCUT2D eigenvalue weighted by molar-refractivity contribution is 0.126. The highest BCUT2D eigenvalue weighted by Gasteiger charge is 2.41. The first-order valence-corrected chi connectivity index (χ1v) is 8.78. The van der Waals surface area contributed by atoms with Gasteiger partial charge in [0, 0.05) is 18.0 Å². The van der Waals surface area contributed by atoms with Crippen LogP contribution in [0.5, 0.6) is 5.75 Å². The lowest BCUT2D eigenvalue weighted by Gasteiger charge is -2.40. The summed E-state index contributed by atoms with van der Waals surface area (Å²) < 4.78 is 0. The van der Waals surface area contributed by atoms with Gasteiger partial charge in [-0.2, -0.15) is 0 Å². The van der Waals surface area contributed by atoms with Crippen LogP contribution in [0.3, 0.4) is 0 Å². The summed E-state index contributed by atoms with van der Waals surface area (Å²) in [6.45, 7) is 0. The molecule has 0 saturated carbocycles. The first-order valence-electron chi connectivity index (χ1n) is 8.78. The molecular formula is C21H25NO. The molecule has 2 saturated heterocycles. The van der Waals surface area contributed by atoms with Gasteiger partial charge in [-0.3, -0.25) is 0 Å². The van der Waals surface area contributed by atoms with E-state index in [1.807, 2.05) is 12.1 Å². The van der Waals surface area contributed by atoms with E-state index in [1.54, 1.807) is 0 Å². The summed E-state index contributed by atoms with van der Waals surface area (Å²) in [6, 6.07) is 20.3. The molecule has 2 aliphatic heterocycles. The molecule has 4 atom stereocenters. The Hall–Kier alpha value is -1.80. The van der Waals surface area contributed by atoms with Crippen molar-refractivity contribution in [2.24, 2.45) is 5.92 Å². The smallest absolute Gasteiger partial charge is 0.115 e. The molecule has 2 bridgehead atoms. The Kier molecular flexibility index (Phi) is 3.86. The Balaban J connectivity index is 1.70. The lowest BCUT2D eigenvalue weighted by Crippen LogP contribution is -2.41. The summed E-state index contributed by atoms with van der Waals surface area (Å²) in [5.74, 6) is 1.48. The van der Waals surface area contributed by atoms with Crippen molar-refractivity contribution in [3.63, 3.8) is 0 Å². The third-order valence-corrected chi connectivity index (χ3v) is 6.02. The van der Waals surface area contributed by atoms with Gasteiger partial charge >= 0.3 is 0 Å². The van der Waals surface area contributed by atoms with Crippen molar-refractivity contribution in [1.29, 1.82) is 0 Å². The SMILES string of the molecule is CN1[C@@H]2CC[C@H]1CC(C(c1ccccc1)c1ccc(O)cc1)C2. The molecule has 23 heavy (non-hydrogen) atoms. The van der Waals surface area contributed by atoms with E-state index in [4.69, 9.17) is 0 Å². The first kappa shape index (κ1) is 14.8. The van der Waals surface area contributed by atoms with E-state index in [0.717, 1.165) is 12.1 Å². The Labute approximate surface area is 138 Å². The molecule has 2 unspecified atom stereocenters. The second kappa shape index (κ2) is 6.01. The van der Waals surface area contributed by atoms with E-state index >= 15 is 0 Å². The van der Waals surface area contributed by atoms with Crippen molar-refractivity contribution < 1.29 is 5.11 Å². The first-order chi connectivity index (χ1) is 11.2. The highest BCUT2D eigenvalue weighted by atomic mass is 16.3. The number of hydrogen-bond acceptors (Lipinski definition) is 2. The topological polar surface area (TPSA) is 23.5 Å². The molecule has 0 radical (unpaired) electrons. The standard InChI is InChI=1S/C21H25NO/c1-22-18-9-10-19(22)14-17(13-18)21(15-5-3-2-4-6-15)16-7-11-20(23)12-8-16/h2-8,11-12,17-19,21,23H,9-10,13-14H2,1H3/t17?,18-,19+,21?. The third kappa shape index (κ3) is 2.76. The number of benzene rings is 2. The summed E-state index contributed by atoms with van der Waals surface area (Å²) in [5.41, 5.74) is 2.75. The molecular weight excluding hydrogens is 282 g/mol. The van der Waals surface area contributed by atoms with Crippen LogP contribution in [0.25, 0.3) is 0 Å². The van der Waals surface area contributed by atoms with Gasteiger partial charge in [-0.15, -0.1) is 0 Å². The Morgan fingerprint density at radius 2 is 1.43 bits per heavy atom. The van der Waals surface area contributed by atoms with E-state index in [1.165, 1.54) is 36.8 Å². The zero-order valence-electron chi connectivity index (χ0n) is 13.7. The lowest BCUT2D eigenvalue weighted by atomic mass is 9.74. The zero-order valence-corrected chi connectivity index (χ0v) is 13.7. The van der Waals surface area contributed by atoms with Gasteiger partial charge in [-0.25, -0.2) is 0 Å². The summed E-state index contributed by atoms with van der Waals surface area (Å²) in [4.78, 5) is 2.61. The van der Waals surface area contributed by atoms with Crippen LogP contribution in [0.1, 0.15) is 42.7 Å². The zero-order chi connectivity index (χ0) is 15.8. The van der Waals surface area contributed by atoms with Crippen molar-refractivity contribution in [3.05, 3.63) is 65.7 Å².